The number of sulfonamides is 2. The van der Waals surface area contributed by atoms with Crippen molar-refractivity contribution in [2.24, 2.45) is 0 Å². The molecule has 0 aliphatic carbocycles. The minimum atomic E-state index is -3.67. The van der Waals surface area contributed by atoms with Gasteiger partial charge >= 0.3 is 0 Å². The molecular weight excluding hydrogens is 388 g/mol. The highest BCUT2D eigenvalue weighted by Crippen LogP contribution is 2.22. The molecule has 8 nitrogen and oxygen atoms in total. The maximum atomic E-state index is 12.8. The number of aromatic nitrogens is 2. The lowest BCUT2D eigenvalue weighted by atomic mass is 10.2. The van der Waals surface area contributed by atoms with E-state index in [1.165, 1.54) is 21.0 Å². The van der Waals surface area contributed by atoms with Gasteiger partial charge in [0.25, 0.3) is 0 Å². The largest absolute Gasteiger partial charge is 0.272 e. The fourth-order valence-corrected chi connectivity index (χ4v) is 5.80. The molecule has 1 aromatic carbocycles. The van der Waals surface area contributed by atoms with Crippen LogP contribution in [0.5, 0.6) is 0 Å². The summed E-state index contributed by atoms with van der Waals surface area (Å²) in [7, 11) is -7.29. The first kappa shape index (κ1) is 20.0. The van der Waals surface area contributed by atoms with Crippen molar-refractivity contribution in [2.45, 2.75) is 36.6 Å². The van der Waals surface area contributed by atoms with E-state index in [1.54, 1.807) is 28.9 Å². The van der Waals surface area contributed by atoms with Gasteiger partial charge < -0.3 is 0 Å². The van der Waals surface area contributed by atoms with Crippen LogP contribution in [0.3, 0.4) is 0 Å². The number of rotatable bonds is 6. The average molecular weight is 413 g/mol. The van der Waals surface area contributed by atoms with E-state index in [1.807, 2.05) is 13.8 Å². The summed E-state index contributed by atoms with van der Waals surface area (Å²) in [5, 5.41) is 4.01. The standard InChI is InChI=1S/C17H24N4O4S2/c1-3-15-5-7-16(8-6-15)26(22,23)20-9-11-21(12-10-20)27(24,25)17-13-18-19(4-2)14-17/h5-8,13-14H,3-4,9-12H2,1-2H3. The van der Waals surface area contributed by atoms with Crippen molar-refractivity contribution in [1.82, 2.24) is 18.4 Å². The zero-order chi connectivity index (χ0) is 19.7. The van der Waals surface area contributed by atoms with Gasteiger partial charge in [-0.2, -0.15) is 13.7 Å². The molecule has 148 valence electrons. The number of nitrogens with zero attached hydrogens (tertiary/aromatic N) is 4. The minimum Gasteiger partial charge on any atom is -0.272 e. The Balaban J connectivity index is 1.72. The first-order valence-corrected chi connectivity index (χ1v) is 11.8. The highest BCUT2D eigenvalue weighted by atomic mass is 32.2. The topological polar surface area (TPSA) is 92.6 Å². The van der Waals surface area contributed by atoms with Gasteiger partial charge in [-0.25, -0.2) is 16.8 Å². The average Bonchev–Trinajstić information content (AvgIpc) is 3.18. The van der Waals surface area contributed by atoms with Gasteiger partial charge in [-0.3, -0.25) is 4.68 Å². The molecule has 0 saturated carbocycles. The molecule has 2 aromatic rings. The number of aryl methyl sites for hydroxylation is 2. The number of hydrogen-bond donors (Lipinski definition) is 0. The molecule has 3 rings (SSSR count). The van der Waals surface area contributed by atoms with Gasteiger partial charge in [0, 0.05) is 38.9 Å². The van der Waals surface area contributed by atoms with Gasteiger partial charge in [-0.05, 0) is 31.0 Å². The van der Waals surface area contributed by atoms with Crippen molar-refractivity contribution in [2.75, 3.05) is 26.2 Å². The summed E-state index contributed by atoms with van der Waals surface area (Å²) in [5.41, 5.74) is 1.07. The van der Waals surface area contributed by atoms with E-state index in [0.717, 1.165) is 12.0 Å². The molecule has 10 heteroatoms. The molecular formula is C17H24N4O4S2. The van der Waals surface area contributed by atoms with Crippen LogP contribution in [-0.2, 0) is 33.0 Å². The number of hydrogen-bond acceptors (Lipinski definition) is 5. The van der Waals surface area contributed by atoms with Crippen LogP contribution in [0.2, 0.25) is 0 Å². The van der Waals surface area contributed by atoms with Crippen LogP contribution in [-0.4, -0.2) is 61.4 Å². The lowest BCUT2D eigenvalue weighted by molar-refractivity contribution is 0.273. The van der Waals surface area contributed by atoms with Crippen LogP contribution >= 0.6 is 0 Å². The van der Waals surface area contributed by atoms with Crippen LogP contribution in [0.4, 0.5) is 0 Å². The molecule has 0 radical (unpaired) electrons. The highest BCUT2D eigenvalue weighted by molar-refractivity contribution is 7.89. The van der Waals surface area contributed by atoms with Crippen LogP contribution in [0.15, 0.2) is 46.5 Å². The first-order chi connectivity index (χ1) is 12.8. The van der Waals surface area contributed by atoms with Gasteiger partial charge in [0.05, 0.1) is 11.1 Å². The summed E-state index contributed by atoms with van der Waals surface area (Å²) in [6.07, 6.45) is 3.66. The van der Waals surface area contributed by atoms with Gasteiger partial charge in [0.15, 0.2) is 0 Å². The van der Waals surface area contributed by atoms with Gasteiger partial charge in [0.2, 0.25) is 20.0 Å². The lowest BCUT2D eigenvalue weighted by Crippen LogP contribution is -2.50. The molecule has 1 aromatic heterocycles. The predicted molar refractivity (Wildman–Crippen MR) is 101 cm³/mol. The van der Waals surface area contributed by atoms with Gasteiger partial charge in [-0.15, -0.1) is 0 Å². The molecule has 0 bridgehead atoms. The maximum Gasteiger partial charge on any atom is 0.246 e. The molecule has 1 aliphatic heterocycles. The molecule has 0 spiro atoms. The van der Waals surface area contributed by atoms with Gasteiger partial charge in [0.1, 0.15) is 4.90 Å². The molecule has 2 heterocycles. The van der Waals surface area contributed by atoms with E-state index in [4.69, 9.17) is 0 Å². The van der Waals surface area contributed by atoms with E-state index >= 15 is 0 Å². The van der Waals surface area contributed by atoms with Crippen molar-refractivity contribution in [3.05, 3.63) is 42.2 Å². The minimum absolute atomic E-state index is 0.117. The summed E-state index contributed by atoms with van der Waals surface area (Å²) < 4.78 is 55.2. The van der Waals surface area contributed by atoms with Crippen molar-refractivity contribution in [3.63, 3.8) is 0 Å². The summed E-state index contributed by atoms with van der Waals surface area (Å²) in [6, 6.07) is 6.82. The van der Waals surface area contributed by atoms with Crippen molar-refractivity contribution in [3.8, 4) is 0 Å². The monoisotopic (exact) mass is 412 g/mol. The molecule has 0 N–H and O–H groups in total. The van der Waals surface area contributed by atoms with Crippen LogP contribution in [0.1, 0.15) is 19.4 Å². The predicted octanol–water partition coefficient (Wildman–Crippen LogP) is 1.16. The molecule has 27 heavy (non-hydrogen) atoms. The second-order valence-corrected chi connectivity index (χ2v) is 10.2. The number of benzene rings is 1. The zero-order valence-electron chi connectivity index (χ0n) is 15.4. The van der Waals surface area contributed by atoms with E-state index < -0.39 is 20.0 Å². The molecule has 0 unspecified atom stereocenters. The first-order valence-electron chi connectivity index (χ1n) is 8.90. The van der Waals surface area contributed by atoms with Crippen molar-refractivity contribution >= 4 is 20.0 Å². The molecule has 0 amide bonds. The third kappa shape index (κ3) is 3.93. The summed E-state index contributed by atoms with van der Waals surface area (Å²) >= 11 is 0. The van der Waals surface area contributed by atoms with E-state index in [9.17, 15) is 16.8 Å². The van der Waals surface area contributed by atoms with E-state index in [0.29, 0.717) is 6.54 Å². The third-order valence-corrected chi connectivity index (χ3v) is 8.50. The Bertz CT molecular complexity index is 990. The second-order valence-electron chi connectivity index (χ2n) is 6.34. The smallest absolute Gasteiger partial charge is 0.246 e. The fraction of sp³-hybridized carbons (Fsp3) is 0.471. The second kappa shape index (κ2) is 7.70. The Kier molecular flexibility index (Phi) is 5.71. The summed E-state index contributed by atoms with van der Waals surface area (Å²) in [5.74, 6) is 0. The maximum absolute atomic E-state index is 12.8. The zero-order valence-corrected chi connectivity index (χ0v) is 17.1. The Morgan fingerprint density at radius 3 is 1.81 bits per heavy atom. The Labute approximate surface area is 160 Å². The molecule has 1 aliphatic rings. The lowest BCUT2D eigenvalue weighted by Gasteiger charge is -2.33. The van der Waals surface area contributed by atoms with E-state index in [-0.39, 0.29) is 36.0 Å². The summed E-state index contributed by atoms with van der Waals surface area (Å²) in [6.45, 7) is 4.95. The van der Waals surface area contributed by atoms with Crippen LogP contribution < -0.4 is 0 Å². The van der Waals surface area contributed by atoms with Crippen LogP contribution in [0.25, 0.3) is 0 Å². The number of piperazine rings is 1. The highest BCUT2D eigenvalue weighted by Gasteiger charge is 2.34. The summed E-state index contributed by atoms with van der Waals surface area (Å²) in [4.78, 5) is 0.371. The van der Waals surface area contributed by atoms with Gasteiger partial charge in [-0.1, -0.05) is 19.1 Å². The van der Waals surface area contributed by atoms with E-state index in [2.05, 4.69) is 5.10 Å². The Morgan fingerprint density at radius 2 is 1.37 bits per heavy atom. The Hall–Kier alpha value is -1.75. The SMILES string of the molecule is CCc1ccc(S(=O)(=O)N2CCN(S(=O)(=O)c3cnn(CC)c3)CC2)cc1. The molecule has 1 saturated heterocycles. The Morgan fingerprint density at radius 1 is 0.852 bits per heavy atom. The van der Waals surface area contributed by atoms with Crippen LogP contribution in [0, 0.1) is 0 Å². The fourth-order valence-electron chi connectivity index (χ4n) is 3.00. The van der Waals surface area contributed by atoms with Crippen molar-refractivity contribution < 1.29 is 16.8 Å². The quantitative estimate of drug-likeness (QED) is 0.710. The van der Waals surface area contributed by atoms with Crippen molar-refractivity contribution in [1.29, 1.82) is 0 Å². The normalized spacial score (nSPS) is 17.3. The molecule has 1 fully saturated rings. The third-order valence-electron chi connectivity index (χ3n) is 4.74. The molecule has 0 atom stereocenters.